The Bertz CT molecular complexity index is 396. The second kappa shape index (κ2) is 7.79. The van der Waals surface area contributed by atoms with Gasteiger partial charge in [-0.15, -0.1) is 0 Å². The fourth-order valence-electron chi connectivity index (χ4n) is 1.60. The first-order chi connectivity index (χ1) is 8.65. The molecule has 3 N–H and O–H groups in total. The lowest BCUT2D eigenvalue weighted by atomic mass is 10.1. The highest BCUT2D eigenvalue weighted by Gasteiger charge is 2.07. The highest BCUT2D eigenvalue weighted by molar-refractivity contribution is 5.87. The van der Waals surface area contributed by atoms with Crippen LogP contribution in [0.4, 0.5) is 4.39 Å². The molecule has 0 atom stereocenters. The molecule has 0 bridgehead atoms. The summed E-state index contributed by atoms with van der Waals surface area (Å²) in [5, 5.41) is 20.4. The van der Waals surface area contributed by atoms with Crippen LogP contribution in [0.1, 0.15) is 35.2 Å². The number of halogens is 1. The molecule has 0 radical (unpaired) electrons. The number of aliphatic hydroxyl groups excluding tert-OH is 1. The molecule has 0 aliphatic rings. The molecule has 0 saturated carbocycles. The van der Waals surface area contributed by atoms with Gasteiger partial charge in [0.1, 0.15) is 5.82 Å². The molecule has 0 saturated heterocycles. The lowest BCUT2D eigenvalue weighted by Gasteiger charge is -2.06. The normalized spacial score (nSPS) is 10.6. The summed E-state index contributed by atoms with van der Waals surface area (Å²) in [6.07, 6.45) is 2.59. The zero-order valence-corrected chi connectivity index (χ0v) is 10.2. The lowest BCUT2D eigenvalue weighted by molar-refractivity contribution is 0.0696. The minimum absolute atomic E-state index is 0.0912. The average Bonchev–Trinajstić information content (AvgIpc) is 2.35. The Morgan fingerprint density at radius 1 is 1.28 bits per heavy atom. The topological polar surface area (TPSA) is 69.6 Å². The average molecular weight is 255 g/mol. The van der Waals surface area contributed by atoms with Crippen molar-refractivity contribution in [2.45, 2.75) is 25.8 Å². The van der Waals surface area contributed by atoms with Crippen LogP contribution in [-0.4, -0.2) is 29.3 Å². The molecule has 18 heavy (non-hydrogen) atoms. The second-order valence-electron chi connectivity index (χ2n) is 4.07. The molecule has 1 rings (SSSR count). The number of hydrogen-bond acceptors (Lipinski definition) is 3. The Balaban J connectivity index is 2.41. The number of aliphatic hydroxyl groups is 1. The number of rotatable bonds is 8. The molecule has 0 aliphatic carbocycles. The van der Waals surface area contributed by atoms with Crippen LogP contribution in [0.5, 0.6) is 0 Å². The minimum atomic E-state index is -1.06. The monoisotopic (exact) mass is 255 g/mol. The van der Waals surface area contributed by atoms with Gasteiger partial charge in [-0.25, -0.2) is 9.18 Å². The van der Waals surface area contributed by atoms with Crippen LogP contribution >= 0.6 is 0 Å². The quantitative estimate of drug-likeness (QED) is 0.619. The van der Waals surface area contributed by atoms with Gasteiger partial charge in [0.15, 0.2) is 0 Å². The molecule has 0 fully saturated rings. The molecule has 0 unspecified atom stereocenters. The smallest absolute Gasteiger partial charge is 0.335 e. The Morgan fingerprint density at radius 3 is 2.72 bits per heavy atom. The van der Waals surface area contributed by atoms with E-state index in [0.29, 0.717) is 12.1 Å². The number of carbonyl (C=O) groups is 1. The third-order valence-corrected chi connectivity index (χ3v) is 2.62. The van der Waals surface area contributed by atoms with Gasteiger partial charge in [0, 0.05) is 18.7 Å². The van der Waals surface area contributed by atoms with E-state index in [1.807, 2.05) is 0 Å². The molecule has 1 aromatic rings. The SMILES string of the molecule is O=C(O)c1ccc(F)c(CNCCCCCO)c1. The van der Waals surface area contributed by atoms with Crippen LogP contribution in [0.3, 0.4) is 0 Å². The minimum Gasteiger partial charge on any atom is -0.478 e. The first kappa shape index (κ1) is 14.6. The van der Waals surface area contributed by atoms with Crippen molar-refractivity contribution in [2.24, 2.45) is 0 Å². The second-order valence-corrected chi connectivity index (χ2v) is 4.07. The Labute approximate surface area is 105 Å². The molecule has 0 aromatic heterocycles. The molecule has 0 spiro atoms. The summed E-state index contributed by atoms with van der Waals surface area (Å²) >= 11 is 0. The summed E-state index contributed by atoms with van der Waals surface area (Å²) < 4.78 is 13.4. The van der Waals surface area contributed by atoms with Crippen molar-refractivity contribution in [3.05, 3.63) is 35.1 Å². The molecule has 1 aromatic carbocycles. The number of carboxylic acid groups (broad SMARTS) is 1. The van der Waals surface area contributed by atoms with Gasteiger partial charge in [-0.3, -0.25) is 0 Å². The van der Waals surface area contributed by atoms with Gasteiger partial charge in [-0.2, -0.15) is 0 Å². The number of hydrogen-bond donors (Lipinski definition) is 3. The highest BCUT2D eigenvalue weighted by atomic mass is 19.1. The van der Waals surface area contributed by atoms with E-state index >= 15 is 0 Å². The number of carboxylic acids is 1. The number of unbranched alkanes of at least 4 members (excludes halogenated alkanes) is 2. The summed E-state index contributed by atoms with van der Waals surface area (Å²) in [5.41, 5.74) is 0.450. The first-order valence-corrected chi connectivity index (χ1v) is 5.98. The van der Waals surface area contributed by atoms with Crippen molar-refractivity contribution in [3.63, 3.8) is 0 Å². The van der Waals surface area contributed by atoms with Crippen LogP contribution in [0, 0.1) is 5.82 Å². The third kappa shape index (κ3) is 4.81. The molecule has 0 heterocycles. The van der Waals surface area contributed by atoms with Gasteiger partial charge in [0.2, 0.25) is 0 Å². The maximum absolute atomic E-state index is 13.4. The fraction of sp³-hybridized carbons (Fsp3) is 0.462. The van der Waals surface area contributed by atoms with Crippen LogP contribution < -0.4 is 5.32 Å². The van der Waals surface area contributed by atoms with E-state index < -0.39 is 11.8 Å². The highest BCUT2D eigenvalue weighted by Crippen LogP contribution is 2.10. The van der Waals surface area contributed by atoms with Gasteiger partial charge in [-0.05, 0) is 44.0 Å². The van der Waals surface area contributed by atoms with Gasteiger partial charge in [0.05, 0.1) is 5.56 Å². The van der Waals surface area contributed by atoms with Crippen molar-refractivity contribution >= 4 is 5.97 Å². The van der Waals surface area contributed by atoms with Gasteiger partial charge in [0.25, 0.3) is 0 Å². The summed E-state index contributed by atoms with van der Waals surface area (Å²) in [6.45, 7) is 1.22. The van der Waals surface area contributed by atoms with Gasteiger partial charge < -0.3 is 15.5 Å². The van der Waals surface area contributed by atoms with Crippen LogP contribution in [0.2, 0.25) is 0 Å². The fourth-order valence-corrected chi connectivity index (χ4v) is 1.60. The molecule has 0 amide bonds. The number of benzene rings is 1. The predicted molar refractivity (Wildman–Crippen MR) is 66.0 cm³/mol. The number of aromatic carboxylic acids is 1. The molecule has 4 nitrogen and oxygen atoms in total. The summed E-state index contributed by atoms with van der Waals surface area (Å²) in [7, 11) is 0. The predicted octanol–water partition coefficient (Wildman–Crippen LogP) is 1.78. The largest absolute Gasteiger partial charge is 0.478 e. The molecule has 100 valence electrons. The van der Waals surface area contributed by atoms with Crippen molar-refractivity contribution in [3.8, 4) is 0 Å². The summed E-state index contributed by atoms with van der Waals surface area (Å²) in [4.78, 5) is 10.7. The van der Waals surface area contributed by atoms with Crippen LogP contribution in [0.15, 0.2) is 18.2 Å². The van der Waals surface area contributed by atoms with E-state index in [9.17, 15) is 9.18 Å². The van der Waals surface area contributed by atoms with E-state index in [0.717, 1.165) is 25.8 Å². The van der Waals surface area contributed by atoms with Crippen LogP contribution in [0.25, 0.3) is 0 Å². The molecule has 0 aliphatic heterocycles. The van der Waals surface area contributed by atoms with E-state index in [-0.39, 0.29) is 12.2 Å². The van der Waals surface area contributed by atoms with Crippen molar-refractivity contribution in [1.29, 1.82) is 0 Å². The Morgan fingerprint density at radius 2 is 2.06 bits per heavy atom. The Hall–Kier alpha value is -1.46. The zero-order valence-electron chi connectivity index (χ0n) is 10.2. The van der Waals surface area contributed by atoms with E-state index in [2.05, 4.69) is 5.32 Å². The van der Waals surface area contributed by atoms with Gasteiger partial charge in [-0.1, -0.05) is 0 Å². The standard InChI is InChI=1S/C13H18FNO3/c14-12-5-4-10(13(17)18)8-11(12)9-15-6-2-1-3-7-16/h4-5,8,15-16H,1-3,6-7,9H2,(H,17,18). The third-order valence-electron chi connectivity index (χ3n) is 2.62. The maximum atomic E-state index is 13.4. The van der Waals surface area contributed by atoms with Gasteiger partial charge >= 0.3 is 5.97 Å². The summed E-state index contributed by atoms with van der Waals surface area (Å²) in [6, 6.07) is 3.77. The van der Waals surface area contributed by atoms with E-state index in [1.165, 1.54) is 18.2 Å². The maximum Gasteiger partial charge on any atom is 0.335 e. The van der Waals surface area contributed by atoms with E-state index in [4.69, 9.17) is 10.2 Å². The number of nitrogens with one attached hydrogen (secondary N) is 1. The van der Waals surface area contributed by atoms with E-state index in [1.54, 1.807) is 0 Å². The van der Waals surface area contributed by atoms with Crippen molar-refractivity contribution < 1.29 is 19.4 Å². The first-order valence-electron chi connectivity index (χ1n) is 5.98. The molecule has 5 heteroatoms. The molecular formula is C13H18FNO3. The van der Waals surface area contributed by atoms with Crippen LogP contribution in [-0.2, 0) is 6.54 Å². The van der Waals surface area contributed by atoms with Crippen molar-refractivity contribution in [1.82, 2.24) is 5.32 Å². The zero-order chi connectivity index (χ0) is 13.4. The Kier molecular flexibility index (Phi) is 6.32. The van der Waals surface area contributed by atoms with Crippen molar-refractivity contribution in [2.75, 3.05) is 13.2 Å². The molecular weight excluding hydrogens is 237 g/mol. The lowest BCUT2D eigenvalue weighted by Crippen LogP contribution is -2.16. The summed E-state index contributed by atoms with van der Waals surface area (Å²) in [5.74, 6) is -1.46.